The molecule has 0 spiro atoms. The van der Waals surface area contributed by atoms with Gasteiger partial charge in [0.1, 0.15) is 0 Å². The highest BCUT2D eigenvalue weighted by Gasteiger charge is 2.32. The normalized spacial score (nSPS) is 21.5. The maximum atomic E-state index is 12.7. The van der Waals surface area contributed by atoms with E-state index in [1.54, 1.807) is 34.3 Å². The summed E-state index contributed by atoms with van der Waals surface area (Å²) in [7, 11) is -3.42. The van der Waals surface area contributed by atoms with Gasteiger partial charge >= 0.3 is 0 Å². The average Bonchev–Trinajstić information content (AvgIpc) is 2.47. The molecule has 1 saturated heterocycles. The molecule has 4 nitrogen and oxygen atoms in total. The summed E-state index contributed by atoms with van der Waals surface area (Å²) < 4.78 is 27.0. The summed E-state index contributed by atoms with van der Waals surface area (Å²) in [5.41, 5.74) is 5.71. The van der Waals surface area contributed by atoms with Gasteiger partial charge in [0.2, 0.25) is 10.0 Å². The Morgan fingerprint density at radius 2 is 2.21 bits per heavy atom. The number of thioether (sulfide) groups is 1. The Morgan fingerprint density at radius 1 is 1.42 bits per heavy atom. The van der Waals surface area contributed by atoms with Gasteiger partial charge in [-0.2, -0.15) is 4.31 Å². The van der Waals surface area contributed by atoms with Gasteiger partial charge in [-0.3, -0.25) is 0 Å². The molecule has 0 radical (unpaired) electrons. The van der Waals surface area contributed by atoms with E-state index in [4.69, 9.17) is 5.73 Å². The first-order valence-electron chi connectivity index (χ1n) is 6.45. The predicted octanol–water partition coefficient (Wildman–Crippen LogP) is 1.91. The first-order chi connectivity index (χ1) is 9.09. The molecule has 1 atom stereocenters. The number of rotatable bonds is 4. The van der Waals surface area contributed by atoms with E-state index in [1.165, 1.54) is 0 Å². The second-order valence-corrected chi connectivity index (χ2v) is 7.45. The van der Waals surface area contributed by atoms with E-state index in [0.29, 0.717) is 18.0 Å². The Balaban J connectivity index is 2.34. The standard InChI is InChI=1S/C13H20N2O2S2/c1-18-12-6-4-7-13(9-12)19(16,17)15-8-3-2-5-11(15)10-14/h4,6-7,9,11H,2-3,5,8,10,14H2,1H3. The highest BCUT2D eigenvalue weighted by Crippen LogP contribution is 2.27. The summed E-state index contributed by atoms with van der Waals surface area (Å²) in [4.78, 5) is 1.34. The third-order valence-electron chi connectivity index (χ3n) is 3.49. The number of benzene rings is 1. The van der Waals surface area contributed by atoms with Crippen molar-refractivity contribution in [3.63, 3.8) is 0 Å². The van der Waals surface area contributed by atoms with Crippen molar-refractivity contribution in [1.29, 1.82) is 0 Å². The van der Waals surface area contributed by atoms with Gasteiger partial charge in [0.25, 0.3) is 0 Å². The van der Waals surface area contributed by atoms with E-state index in [9.17, 15) is 8.42 Å². The summed E-state index contributed by atoms with van der Waals surface area (Å²) in [6, 6.07) is 7.05. The molecule has 1 unspecified atom stereocenters. The molecule has 0 bridgehead atoms. The molecule has 1 aliphatic rings. The molecular weight excluding hydrogens is 280 g/mol. The molecule has 6 heteroatoms. The highest BCUT2D eigenvalue weighted by molar-refractivity contribution is 7.98. The Labute approximate surface area is 119 Å². The zero-order chi connectivity index (χ0) is 13.9. The van der Waals surface area contributed by atoms with Gasteiger partial charge in [-0.1, -0.05) is 12.5 Å². The van der Waals surface area contributed by atoms with Crippen LogP contribution in [0.5, 0.6) is 0 Å². The maximum Gasteiger partial charge on any atom is 0.243 e. The molecule has 2 N–H and O–H groups in total. The molecule has 0 aliphatic carbocycles. The molecule has 19 heavy (non-hydrogen) atoms. The molecule has 0 saturated carbocycles. The Bertz CT molecular complexity index is 531. The van der Waals surface area contributed by atoms with E-state index in [0.717, 1.165) is 24.2 Å². The highest BCUT2D eigenvalue weighted by atomic mass is 32.2. The zero-order valence-electron chi connectivity index (χ0n) is 11.1. The minimum absolute atomic E-state index is 0.0586. The molecule has 0 amide bonds. The molecule has 2 rings (SSSR count). The van der Waals surface area contributed by atoms with Crippen molar-refractivity contribution in [3.05, 3.63) is 24.3 Å². The van der Waals surface area contributed by atoms with Crippen LogP contribution in [0.3, 0.4) is 0 Å². The summed E-state index contributed by atoms with van der Waals surface area (Å²) in [5.74, 6) is 0. The van der Waals surface area contributed by atoms with Gasteiger partial charge in [-0.05, 0) is 37.3 Å². The lowest BCUT2D eigenvalue weighted by Crippen LogP contribution is -2.47. The Kier molecular flexibility index (Phi) is 4.89. The summed E-state index contributed by atoms with van der Waals surface area (Å²) >= 11 is 1.54. The van der Waals surface area contributed by atoms with Crippen molar-refractivity contribution in [2.45, 2.75) is 35.1 Å². The van der Waals surface area contributed by atoms with Crippen LogP contribution in [0.15, 0.2) is 34.1 Å². The second kappa shape index (κ2) is 6.26. The van der Waals surface area contributed by atoms with Crippen molar-refractivity contribution in [2.24, 2.45) is 5.73 Å². The fourth-order valence-electron chi connectivity index (χ4n) is 2.42. The minimum Gasteiger partial charge on any atom is -0.329 e. The van der Waals surface area contributed by atoms with Crippen molar-refractivity contribution in [2.75, 3.05) is 19.3 Å². The summed E-state index contributed by atoms with van der Waals surface area (Å²) in [6.45, 7) is 0.967. The van der Waals surface area contributed by atoms with Gasteiger partial charge in [0.15, 0.2) is 0 Å². The fraction of sp³-hybridized carbons (Fsp3) is 0.538. The molecule has 1 aromatic carbocycles. The third kappa shape index (κ3) is 3.13. The second-order valence-electron chi connectivity index (χ2n) is 4.68. The lowest BCUT2D eigenvalue weighted by Gasteiger charge is -2.33. The summed E-state index contributed by atoms with van der Waals surface area (Å²) in [5, 5.41) is 0. The van der Waals surface area contributed by atoms with Crippen molar-refractivity contribution in [3.8, 4) is 0 Å². The van der Waals surface area contributed by atoms with Crippen molar-refractivity contribution >= 4 is 21.8 Å². The number of nitrogens with two attached hydrogens (primary N) is 1. The Morgan fingerprint density at radius 3 is 2.89 bits per heavy atom. The smallest absolute Gasteiger partial charge is 0.243 e. The monoisotopic (exact) mass is 300 g/mol. The van der Waals surface area contributed by atoms with Crippen molar-refractivity contribution in [1.82, 2.24) is 4.31 Å². The predicted molar refractivity (Wildman–Crippen MR) is 78.8 cm³/mol. The number of hydrogen-bond donors (Lipinski definition) is 1. The van der Waals surface area contributed by atoms with Crippen molar-refractivity contribution < 1.29 is 8.42 Å². The van der Waals surface area contributed by atoms with Gasteiger partial charge in [-0.15, -0.1) is 11.8 Å². The number of sulfonamides is 1. The van der Waals surface area contributed by atoms with Crippen LogP contribution < -0.4 is 5.73 Å². The maximum absolute atomic E-state index is 12.7. The van der Waals surface area contributed by atoms with Gasteiger partial charge in [0, 0.05) is 24.0 Å². The van der Waals surface area contributed by atoms with E-state index in [-0.39, 0.29) is 6.04 Å². The third-order valence-corrected chi connectivity index (χ3v) is 6.17. The van der Waals surface area contributed by atoms with Crippen LogP contribution in [-0.4, -0.2) is 38.1 Å². The van der Waals surface area contributed by atoms with E-state index >= 15 is 0 Å². The SMILES string of the molecule is CSc1cccc(S(=O)(=O)N2CCCCC2CN)c1. The van der Waals surface area contributed by atoms with Crippen LogP contribution in [0.1, 0.15) is 19.3 Å². The molecule has 1 heterocycles. The number of nitrogens with zero attached hydrogens (tertiary/aromatic N) is 1. The number of piperidine rings is 1. The quantitative estimate of drug-likeness (QED) is 0.863. The largest absolute Gasteiger partial charge is 0.329 e. The van der Waals surface area contributed by atoms with Gasteiger partial charge in [0.05, 0.1) is 4.90 Å². The minimum atomic E-state index is -3.42. The van der Waals surface area contributed by atoms with Crippen LogP contribution in [0.2, 0.25) is 0 Å². The number of hydrogen-bond acceptors (Lipinski definition) is 4. The molecule has 1 aromatic rings. The van der Waals surface area contributed by atoms with Crippen LogP contribution >= 0.6 is 11.8 Å². The first-order valence-corrected chi connectivity index (χ1v) is 9.12. The van der Waals surface area contributed by atoms with Crippen LogP contribution in [-0.2, 0) is 10.0 Å². The Hall–Kier alpha value is -0.560. The average molecular weight is 300 g/mol. The van der Waals surface area contributed by atoms with Crippen LogP contribution in [0, 0.1) is 0 Å². The lowest BCUT2D eigenvalue weighted by atomic mass is 10.1. The molecule has 1 fully saturated rings. The fourth-order valence-corrected chi connectivity index (χ4v) is 4.71. The van der Waals surface area contributed by atoms with Gasteiger partial charge in [-0.25, -0.2) is 8.42 Å². The van der Waals surface area contributed by atoms with E-state index < -0.39 is 10.0 Å². The lowest BCUT2D eigenvalue weighted by molar-refractivity contribution is 0.257. The van der Waals surface area contributed by atoms with Crippen LogP contribution in [0.25, 0.3) is 0 Å². The van der Waals surface area contributed by atoms with E-state index in [2.05, 4.69) is 0 Å². The molecule has 106 valence electrons. The van der Waals surface area contributed by atoms with Gasteiger partial charge < -0.3 is 5.73 Å². The molecule has 1 aliphatic heterocycles. The molecule has 0 aromatic heterocycles. The molecular formula is C13H20N2O2S2. The van der Waals surface area contributed by atoms with E-state index in [1.807, 2.05) is 12.3 Å². The summed E-state index contributed by atoms with van der Waals surface area (Å²) in [6.07, 6.45) is 4.77. The zero-order valence-corrected chi connectivity index (χ0v) is 12.7. The first kappa shape index (κ1) is 14.8. The van der Waals surface area contributed by atoms with Crippen LogP contribution in [0.4, 0.5) is 0 Å². The topological polar surface area (TPSA) is 63.4 Å².